The predicted molar refractivity (Wildman–Crippen MR) is 91.8 cm³/mol. The predicted octanol–water partition coefficient (Wildman–Crippen LogP) is 4.71. The van der Waals surface area contributed by atoms with E-state index >= 15 is 0 Å². The first kappa shape index (κ1) is 15.8. The number of hydrogen-bond acceptors (Lipinski definition) is 1. The van der Waals surface area contributed by atoms with Crippen LogP contribution < -0.4 is 5.32 Å². The minimum Gasteiger partial charge on any atom is -0.313 e. The summed E-state index contributed by atoms with van der Waals surface area (Å²) < 4.78 is 0. The highest BCUT2D eigenvalue weighted by Gasteiger charge is 2.18. The van der Waals surface area contributed by atoms with Crippen LogP contribution in [0.1, 0.15) is 42.9 Å². The molecule has 21 heavy (non-hydrogen) atoms. The maximum Gasteiger partial charge on any atom is 0.0173 e. The molecule has 0 aliphatic heterocycles. The van der Waals surface area contributed by atoms with Crippen molar-refractivity contribution in [2.24, 2.45) is 0 Å². The third kappa shape index (κ3) is 4.71. The Labute approximate surface area is 129 Å². The third-order valence-corrected chi connectivity index (χ3v) is 4.12. The zero-order chi connectivity index (χ0) is 15.1. The summed E-state index contributed by atoms with van der Waals surface area (Å²) >= 11 is 0. The number of aryl methyl sites for hydroxylation is 1. The van der Waals surface area contributed by atoms with E-state index in [4.69, 9.17) is 0 Å². The molecule has 1 heteroatoms. The quantitative estimate of drug-likeness (QED) is 0.775. The molecule has 2 unspecified atom stereocenters. The van der Waals surface area contributed by atoms with Gasteiger partial charge in [-0.2, -0.15) is 0 Å². The summed E-state index contributed by atoms with van der Waals surface area (Å²) in [7, 11) is 0. The Bertz CT molecular complexity index is 533. The second-order valence-electron chi connectivity index (χ2n) is 5.95. The summed E-state index contributed by atoms with van der Waals surface area (Å²) in [6.45, 7) is 7.80. The largest absolute Gasteiger partial charge is 0.313 e. The second kappa shape index (κ2) is 7.99. The van der Waals surface area contributed by atoms with Gasteiger partial charge in [0, 0.05) is 6.04 Å². The molecule has 0 saturated carbocycles. The Hall–Kier alpha value is -1.60. The van der Waals surface area contributed by atoms with Gasteiger partial charge >= 0.3 is 0 Å². The fourth-order valence-corrected chi connectivity index (χ4v) is 2.84. The molecule has 1 nitrogen and oxygen atoms in total. The van der Waals surface area contributed by atoms with Gasteiger partial charge < -0.3 is 5.32 Å². The van der Waals surface area contributed by atoms with Gasteiger partial charge in [-0.25, -0.2) is 0 Å². The lowest BCUT2D eigenvalue weighted by molar-refractivity contribution is 0.447. The molecule has 0 aliphatic carbocycles. The summed E-state index contributed by atoms with van der Waals surface area (Å²) in [5.74, 6) is 0.512. The van der Waals surface area contributed by atoms with E-state index in [2.05, 4.69) is 80.7 Å². The van der Waals surface area contributed by atoms with E-state index in [9.17, 15) is 0 Å². The average Bonchev–Trinajstić information content (AvgIpc) is 2.51. The van der Waals surface area contributed by atoms with E-state index in [1.54, 1.807) is 0 Å². The normalized spacial score (nSPS) is 13.9. The summed E-state index contributed by atoms with van der Waals surface area (Å²) in [5, 5.41) is 3.74. The molecule has 1 N–H and O–H groups in total. The van der Waals surface area contributed by atoms with Crippen molar-refractivity contribution in [1.82, 2.24) is 5.32 Å². The Morgan fingerprint density at radius 1 is 1.00 bits per heavy atom. The molecule has 0 spiro atoms. The standard InChI is InChI=1S/C20H27N/c1-4-13-21-20(15-18-10-8-9-16(2)14-18)17(3)19-11-6-5-7-12-19/h5-12,14,17,20-21H,4,13,15H2,1-3H3. The molecule has 0 bridgehead atoms. The van der Waals surface area contributed by atoms with Crippen molar-refractivity contribution < 1.29 is 0 Å². The van der Waals surface area contributed by atoms with Gasteiger partial charge in [0.2, 0.25) is 0 Å². The van der Waals surface area contributed by atoms with Crippen LogP contribution in [0.25, 0.3) is 0 Å². The second-order valence-corrected chi connectivity index (χ2v) is 5.95. The van der Waals surface area contributed by atoms with Crippen LogP contribution in [0.3, 0.4) is 0 Å². The van der Waals surface area contributed by atoms with E-state index in [0.29, 0.717) is 12.0 Å². The minimum atomic E-state index is 0.481. The van der Waals surface area contributed by atoms with E-state index in [-0.39, 0.29) is 0 Å². The van der Waals surface area contributed by atoms with Gasteiger partial charge in [0.05, 0.1) is 0 Å². The van der Waals surface area contributed by atoms with E-state index in [1.807, 2.05) is 0 Å². The summed E-state index contributed by atoms with van der Waals surface area (Å²) in [6, 6.07) is 20.2. The van der Waals surface area contributed by atoms with Gasteiger partial charge in [-0.3, -0.25) is 0 Å². The van der Waals surface area contributed by atoms with E-state index < -0.39 is 0 Å². The van der Waals surface area contributed by atoms with Gasteiger partial charge in [0.1, 0.15) is 0 Å². The Morgan fingerprint density at radius 3 is 2.43 bits per heavy atom. The molecule has 0 amide bonds. The van der Waals surface area contributed by atoms with Crippen molar-refractivity contribution in [3.63, 3.8) is 0 Å². The van der Waals surface area contributed by atoms with Crippen molar-refractivity contribution >= 4 is 0 Å². The molecule has 2 aromatic carbocycles. The molecular weight excluding hydrogens is 254 g/mol. The third-order valence-electron chi connectivity index (χ3n) is 4.12. The van der Waals surface area contributed by atoms with Gasteiger partial charge in [0.25, 0.3) is 0 Å². The van der Waals surface area contributed by atoms with Crippen molar-refractivity contribution in [3.05, 3.63) is 71.3 Å². The van der Waals surface area contributed by atoms with Gasteiger partial charge in [0.15, 0.2) is 0 Å². The van der Waals surface area contributed by atoms with Crippen LogP contribution in [-0.4, -0.2) is 12.6 Å². The molecule has 112 valence electrons. The molecule has 0 saturated heterocycles. The van der Waals surface area contributed by atoms with Gasteiger partial charge in [-0.15, -0.1) is 0 Å². The van der Waals surface area contributed by atoms with Crippen molar-refractivity contribution in [3.8, 4) is 0 Å². The smallest absolute Gasteiger partial charge is 0.0173 e. The monoisotopic (exact) mass is 281 g/mol. The summed E-state index contributed by atoms with van der Waals surface area (Å²) in [5.41, 5.74) is 4.18. The SMILES string of the molecule is CCCNC(Cc1cccc(C)c1)C(C)c1ccccc1. The Balaban J connectivity index is 2.14. The number of nitrogens with one attached hydrogen (secondary N) is 1. The zero-order valence-corrected chi connectivity index (χ0v) is 13.5. The number of hydrogen-bond donors (Lipinski definition) is 1. The van der Waals surface area contributed by atoms with Gasteiger partial charge in [-0.05, 0) is 43.4 Å². The molecular formula is C20H27N. The molecule has 0 aliphatic rings. The number of benzene rings is 2. The summed E-state index contributed by atoms with van der Waals surface area (Å²) in [6.07, 6.45) is 2.25. The molecule has 0 heterocycles. The lowest BCUT2D eigenvalue weighted by Crippen LogP contribution is -2.36. The van der Waals surface area contributed by atoms with Crippen molar-refractivity contribution in [1.29, 1.82) is 0 Å². The fraction of sp³-hybridized carbons (Fsp3) is 0.400. The first-order valence-electron chi connectivity index (χ1n) is 8.04. The minimum absolute atomic E-state index is 0.481. The van der Waals surface area contributed by atoms with Crippen LogP contribution in [-0.2, 0) is 6.42 Å². The van der Waals surface area contributed by atoms with Crippen LogP contribution in [0.5, 0.6) is 0 Å². The lowest BCUT2D eigenvalue weighted by Gasteiger charge is -2.26. The van der Waals surface area contributed by atoms with Crippen LogP contribution >= 0.6 is 0 Å². The van der Waals surface area contributed by atoms with Crippen LogP contribution in [0.4, 0.5) is 0 Å². The molecule has 2 atom stereocenters. The van der Waals surface area contributed by atoms with E-state index in [1.165, 1.54) is 23.1 Å². The topological polar surface area (TPSA) is 12.0 Å². The fourth-order valence-electron chi connectivity index (χ4n) is 2.84. The van der Waals surface area contributed by atoms with Crippen LogP contribution in [0, 0.1) is 6.92 Å². The highest BCUT2D eigenvalue weighted by atomic mass is 14.9. The first-order valence-corrected chi connectivity index (χ1v) is 8.04. The molecule has 0 aromatic heterocycles. The lowest BCUT2D eigenvalue weighted by atomic mass is 9.88. The van der Waals surface area contributed by atoms with Crippen LogP contribution in [0.15, 0.2) is 54.6 Å². The highest BCUT2D eigenvalue weighted by Crippen LogP contribution is 2.22. The van der Waals surface area contributed by atoms with Gasteiger partial charge in [-0.1, -0.05) is 74.0 Å². The highest BCUT2D eigenvalue weighted by molar-refractivity contribution is 5.26. The molecule has 2 rings (SSSR count). The van der Waals surface area contributed by atoms with Crippen LogP contribution in [0.2, 0.25) is 0 Å². The van der Waals surface area contributed by atoms with Crippen molar-refractivity contribution in [2.45, 2.75) is 45.6 Å². The average molecular weight is 281 g/mol. The summed E-state index contributed by atoms with van der Waals surface area (Å²) in [4.78, 5) is 0. The zero-order valence-electron chi connectivity index (χ0n) is 13.5. The first-order chi connectivity index (χ1) is 10.2. The Morgan fingerprint density at radius 2 is 1.76 bits per heavy atom. The molecule has 0 radical (unpaired) electrons. The maximum atomic E-state index is 3.74. The Kier molecular flexibility index (Phi) is 6.01. The number of rotatable bonds is 7. The maximum absolute atomic E-state index is 3.74. The molecule has 2 aromatic rings. The van der Waals surface area contributed by atoms with E-state index in [0.717, 1.165) is 13.0 Å². The molecule has 0 fully saturated rings. The van der Waals surface area contributed by atoms with Crippen molar-refractivity contribution in [2.75, 3.05) is 6.54 Å².